The van der Waals surface area contributed by atoms with Crippen molar-refractivity contribution in [3.05, 3.63) is 34.9 Å². The van der Waals surface area contributed by atoms with Crippen molar-refractivity contribution in [3.8, 4) is 0 Å². The minimum atomic E-state index is -0.0628. The molecule has 2 amide bonds. The molecule has 0 aromatic heterocycles. The van der Waals surface area contributed by atoms with E-state index in [2.05, 4.69) is 11.4 Å². The summed E-state index contributed by atoms with van der Waals surface area (Å²) >= 11 is 7.74. The fourth-order valence-corrected chi connectivity index (χ4v) is 3.87. The third-order valence-electron chi connectivity index (χ3n) is 4.15. The molecule has 6 heteroatoms. The zero-order chi connectivity index (χ0) is 17.4. The van der Waals surface area contributed by atoms with Gasteiger partial charge in [0.1, 0.15) is 0 Å². The van der Waals surface area contributed by atoms with E-state index in [0.717, 1.165) is 35.9 Å². The molecule has 132 valence electrons. The highest BCUT2D eigenvalue weighted by molar-refractivity contribution is 7.98. The van der Waals surface area contributed by atoms with Crippen LogP contribution in [-0.2, 0) is 15.3 Å². The zero-order valence-corrected chi connectivity index (χ0v) is 15.7. The Balaban J connectivity index is 1.65. The van der Waals surface area contributed by atoms with Gasteiger partial charge in [0, 0.05) is 42.6 Å². The standard InChI is InChI=1S/C18H25ClN2O2S/c1-2-17(22)21-9-4-6-15(12-21)18(23)20-8-10-24-13-14-5-3-7-16(19)11-14/h3,5,7,11,15H,2,4,6,8-10,12-13H2,1H3,(H,20,23)/t15-/m1/s1. The fourth-order valence-electron chi connectivity index (χ4n) is 2.85. The molecule has 1 aliphatic rings. The van der Waals surface area contributed by atoms with Gasteiger partial charge in [0.2, 0.25) is 11.8 Å². The van der Waals surface area contributed by atoms with E-state index in [1.54, 1.807) is 11.8 Å². The molecule has 1 atom stereocenters. The smallest absolute Gasteiger partial charge is 0.224 e. The van der Waals surface area contributed by atoms with E-state index in [1.807, 2.05) is 30.0 Å². The van der Waals surface area contributed by atoms with Crippen LogP contribution in [0.3, 0.4) is 0 Å². The lowest BCUT2D eigenvalue weighted by Gasteiger charge is -2.31. The van der Waals surface area contributed by atoms with Gasteiger partial charge in [-0.2, -0.15) is 11.8 Å². The summed E-state index contributed by atoms with van der Waals surface area (Å²) in [4.78, 5) is 25.9. The first-order valence-corrected chi connectivity index (χ1v) is 10.0. The monoisotopic (exact) mass is 368 g/mol. The van der Waals surface area contributed by atoms with Crippen molar-refractivity contribution in [2.75, 3.05) is 25.4 Å². The third kappa shape index (κ3) is 6.02. The molecular formula is C18H25ClN2O2S. The summed E-state index contributed by atoms with van der Waals surface area (Å²) in [5.41, 5.74) is 1.19. The maximum atomic E-state index is 12.3. The number of likely N-dealkylation sites (tertiary alicyclic amines) is 1. The van der Waals surface area contributed by atoms with E-state index in [9.17, 15) is 9.59 Å². The summed E-state index contributed by atoms with van der Waals surface area (Å²) in [5, 5.41) is 3.76. The van der Waals surface area contributed by atoms with Gasteiger partial charge in [-0.3, -0.25) is 9.59 Å². The minimum Gasteiger partial charge on any atom is -0.355 e. The molecule has 1 aliphatic heterocycles. The van der Waals surface area contributed by atoms with Gasteiger partial charge in [-0.1, -0.05) is 30.7 Å². The highest BCUT2D eigenvalue weighted by Crippen LogP contribution is 2.18. The second-order valence-electron chi connectivity index (χ2n) is 6.01. The number of thioether (sulfide) groups is 1. The van der Waals surface area contributed by atoms with Crippen LogP contribution < -0.4 is 5.32 Å². The lowest BCUT2D eigenvalue weighted by molar-refractivity contribution is -0.135. The van der Waals surface area contributed by atoms with Gasteiger partial charge in [-0.25, -0.2) is 0 Å². The molecule has 1 saturated heterocycles. The van der Waals surface area contributed by atoms with Crippen molar-refractivity contribution >= 4 is 35.2 Å². The summed E-state index contributed by atoms with van der Waals surface area (Å²) < 4.78 is 0. The summed E-state index contributed by atoms with van der Waals surface area (Å²) in [6.45, 7) is 3.87. The van der Waals surface area contributed by atoms with Crippen LogP contribution in [0.2, 0.25) is 5.02 Å². The number of hydrogen-bond donors (Lipinski definition) is 1. The molecule has 1 aromatic carbocycles. The SMILES string of the molecule is CCC(=O)N1CCC[C@@H](C(=O)NCCSCc2cccc(Cl)c2)C1. The molecule has 1 heterocycles. The molecule has 0 bridgehead atoms. The van der Waals surface area contributed by atoms with Crippen molar-refractivity contribution in [2.24, 2.45) is 5.92 Å². The molecule has 24 heavy (non-hydrogen) atoms. The van der Waals surface area contributed by atoms with Crippen molar-refractivity contribution in [3.63, 3.8) is 0 Å². The molecular weight excluding hydrogens is 344 g/mol. The summed E-state index contributed by atoms with van der Waals surface area (Å²) in [7, 11) is 0. The Bertz CT molecular complexity index is 568. The Morgan fingerprint density at radius 3 is 3.00 bits per heavy atom. The Kier molecular flexibility index (Phi) is 7.92. The van der Waals surface area contributed by atoms with Gasteiger partial charge in [-0.15, -0.1) is 0 Å². The summed E-state index contributed by atoms with van der Waals surface area (Å²) in [5.74, 6) is 1.91. The molecule has 4 nitrogen and oxygen atoms in total. The predicted molar refractivity (Wildman–Crippen MR) is 100 cm³/mol. The van der Waals surface area contributed by atoms with E-state index in [0.29, 0.717) is 19.5 Å². The second-order valence-corrected chi connectivity index (χ2v) is 7.55. The second kappa shape index (κ2) is 9.94. The average molecular weight is 369 g/mol. The van der Waals surface area contributed by atoms with Crippen molar-refractivity contribution < 1.29 is 9.59 Å². The van der Waals surface area contributed by atoms with Crippen molar-refractivity contribution in [2.45, 2.75) is 31.9 Å². The van der Waals surface area contributed by atoms with Gasteiger partial charge in [0.05, 0.1) is 5.92 Å². The van der Waals surface area contributed by atoms with Gasteiger partial charge < -0.3 is 10.2 Å². The van der Waals surface area contributed by atoms with E-state index in [4.69, 9.17) is 11.6 Å². The number of hydrogen-bond acceptors (Lipinski definition) is 3. The number of amides is 2. The predicted octanol–water partition coefficient (Wildman–Crippen LogP) is 3.34. The third-order valence-corrected chi connectivity index (χ3v) is 5.42. The van der Waals surface area contributed by atoms with Crippen LogP contribution in [0.1, 0.15) is 31.7 Å². The first-order valence-electron chi connectivity index (χ1n) is 8.47. The molecule has 0 aliphatic carbocycles. The van der Waals surface area contributed by atoms with E-state index in [1.165, 1.54) is 5.56 Å². The van der Waals surface area contributed by atoms with Crippen molar-refractivity contribution in [1.29, 1.82) is 0 Å². The van der Waals surface area contributed by atoms with Crippen LogP contribution in [0.5, 0.6) is 0 Å². The lowest BCUT2D eigenvalue weighted by Crippen LogP contribution is -2.45. The lowest BCUT2D eigenvalue weighted by atomic mass is 9.97. The number of piperidine rings is 1. The largest absolute Gasteiger partial charge is 0.355 e. The first-order chi connectivity index (χ1) is 11.6. The van der Waals surface area contributed by atoms with Crippen LogP contribution in [0.4, 0.5) is 0 Å². The number of rotatable bonds is 7. The number of nitrogens with one attached hydrogen (secondary N) is 1. The van der Waals surface area contributed by atoms with Crippen LogP contribution in [0.15, 0.2) is 24.3 Å². The molecule has 0 saturated carbocycles. The fraction of sp³-hybridized carbons (Fsp3) is 0.556. The van der Waals surface area contributed by atoms with Gasteiger partial charge in [0.25, 0.3) is 0 Å². The minimum absolute atomic E-state index is 0.0628. The molecule has 1 N–H and O–H groups in total. The van der Waals surface area contributed by atoms with Crippen LogP contribution in [0.25, 0.3) is 0 Å². The van der Waals surface area contributed by atoms with Gasteiger partial charge >= 0.3 is 0 Å². The van der Waals surface area contributed by atoms with Gasteiger partial charge in [0.15, 0.2) is 0 Å². The number of carbonyl (C=O) groups excluding carboxylic acids is 2. The highest BCUT2D eigenvalue weighted by atomic mass is 35.5. The first kappa shape index (κ1) is 19.1. The van der Waals surface area contributed by atoms with Crippen molar-refractivity contribution in [1.82, 2.24) is 10.2 Å². The van der Waals surface area contributed by atoms with E-state index < -0.39 is 0 Å². The Morgan fingerprint density at radius 2 is 2.25 bits per heavy atom. The zero-order valence-electron chi connectivity index (χ0n) is 14.1. The van der Waals surface area contributed by atoms with E-state index >= 15 is 0 Å². The topological polar surface area (TPSA) is 49.4 Å². The maximum Gasteiger partial charge on any atom is 0.224 e. The average Bonchev–Trinajstić information content (AvgIpc) is 2.60. The number of carbonyl (C=O) groups is 2. The van der Waals surface area contributed by atoms with Gasteiger partial charge in [-0.05, 0) is 30.5 Å². The Labute approximate surface area is 153 Å². The summed E-state index contributed by atoms with van der Waals surface area (Å²) in [6, 6.07) is 7.84. The molecule has 1 aromatic rings. The van der Waals surface area contributed by atoms with E-state index in [-0.39, 0.29) is 17.7 Å². The number of benzene rings is 1. The number of nitrogens with zero attached hydrogens (tertiary/aromatic N) is 1. The molecule has 2 rings (SSSR count). The maximum absolute atomic E-state index is 12.3. The highest BCUT2D eigenvalue weighted by Gasteiger charge is 2.27. The molecule has 1 fully saturated rings. The van der Waals surface area contributed by atoms with Crippen LogP contribution in [0, 0.1) is 5.92 Å². The number of halogens is 1. The normalized spacial score (nSPS) is 17.6. The molecule has 0 radical (unpaired) electrons. The Hall–Kier alpha value is -1.20. The summed E-state index contributed by atoms with van der Waals surface area (Å²) in [6.07, 6.45) is 2.29. The molecule has 0 spiro atoms. The van der Waals surface area contributed by atoms with Crippen LogP contribution >= 0.6 is 23.4 Å². The molecule has 0 unspecified atom stereocenters. The Morgan fingerprint density at radius 1 is 1.42 bits per heavy atom. The van der Waals surface area contributed by atoms with Crippen LogP contribution in [-0.4, -0.2) is 42.1 Å². The quantitative estimate of drug-likeness (QED) is 0.751.